The van der Waals surface area contributed by atoms with Gasteiger partial charge in [0, 0.05) is 25.5 Å². The molecule has 1 saturated carbocycles. The van der Waals surface area contributed by atoms with Gasteiger partial charge in [-0.1, -0.05) is 0 Å². The van der Waals surface area contributed by atoms with Crippen LogP contribution in [0.25, 0.3) is 0 Å². The van der Waals surface area contributed by atoms with Crippen molar-refractivity contribution in [2.45, 2.75) is 19.8 Å². The quantitative estimate of drug-likeness (QED) is 0.702. The van der Waals surface area contributed by atoms with Crippen LogP contribution >= 0.6 is 0 Å². The summed E-state index contributed by atoms with van der Waals surface area (Å²) in [5.74, 6) is 1.74. The fourth-order valence-electron chi connectivity index (χ4n) is 1.39. The van der Waals surface area contributed by atoms with E-state index in [-0.39, 0.29) is 0 Å². The van der Waals surface area contributed by atoms with Gasteiger partial charge in [-0.3, -0.25) is 0 Å². The van der Waals surface area contributed by atoms with Crippen molar-refractivity contribution in [3.63, 3.8) is 0 Å². The van der Waals surface area contributed by atoms with Gasteiger partial charge in [-0.05, 0) is 31.7 Å². The standard InChI is InChI=1S/C10H15N3/c1-8-5-6-11-10(12-8)13(2)7-9-3-4-9/h5-6,9H,3-4,7H2,1-2H3. The van der Waals surface area contributed by atoms with Crippen molar-refractivity contribution in [3.05, 3.63) is 18.0 Å². The number of nitrogens with zero attached hydrogens (tertiary/aromatic N) is 3. The summed E-state index contributed by atoms with van der Waals surface area (Å²) in [5.41, 5.74) is 1.03. The van der Waals surface area contributed by atoms with E-state index in [4.69, 9.17) is 0 Å². The monoisotopic (exact) mass is 177 g/mol. The molecule has 0 saturated heterocycles. The average Bonchev–Trinajstić information content (AvgIpc) is 2.88. The van der Waals surface area contributed by atoms with Gasteiger partial charge in [0.2, 0.25) is 5.95 Å². The molecule has 1 aromatic heterocycles. The molecule has 1 aromatic rings. The van der Waals surface area contributed by atoms with Crippen LogP contribution in [0.15, 0.2) is 12.3 Å². The summed E-state index contributed by atoms with van der Waals surface area (Å²) in [4.78, 5) is 10.7. The smallest absolute Gasteiger partial charge is 0.225 e. The molecule has 0 aromatic carbocycles. The lowest BCUT2D eigenvalue weighted by Gasteiger charge is -2.16. The van der Waals surface area contributed by atoms with Crippen LogP contribution < -0.4 is 4.90 Å². The molecular formula is C10H15N3. The third-order valence-electron chi connectivity index (χ3n) is 2.35. The lowest BCUT2D eigenvalue weighted by molar-refractivity contribution is 0.762. The molecule has 70 valence electrons. The number of aryl methyl sites for hydroxylation is 1. The van der Waals surface area contributed by atoms with Gasteiger partial charge >= 0.3 is 0 Å². The van der Waals surface area contributed by atoms with Gasteiger partial charge in [-0.15, -0.1) is 0 Å². The maximum atomic E-state index is 4.37. The van der Waals surface area contributed by atoms with E-state index in [1.165, 1.54) is 12.8 Å². The molecule has 1 aliphatic rings. The number of anilines is 1. The Balaban J connectivity index is 2.04. The fraction of sp³-hybridized carbons (Fsp3) is 0.600. The second kappa shape index (κ2) is 3.32. The molecule has 0 amide bonds. The van der Waals surface area contributed by atoms with Crippen molar-refractivity contribution in [1.82, 2.24) is 9.97 Å². The third kappa shape index (κ3) is 2.17. The molecule has 0 unspecified atom stereocenters. The zero-order valence-corrected chi connectivity index (χ0v) is 8.20. The molecule has 3 heteroatoms. The number of aromatic nitrogens is 2. The summed E-state index contributed by atoms with van der Waals surface area (Å²) >= 11 is 0. The largest absolute Gasteiger partial charge is 0.344 e. The lowest BCUT2D eigenvalue weighted by atomic mass is 10.4. The fourth-order valence-corrected chi connectivity index (χ4v) is 1.39. The van der Waals surface area contributed by atoms with E-state index in [1.807, 2.05) is 19.2 Å². The van der Waals surface area contributed by atoms with E-state index >= 15 is 0 Å². The Morgan fingerprint density at radius 2 is 2.31 bits per heavy atom. The maximum Gasteiger partial charge on any atom is 0.225 e. The minimum atomic E-state index is 0.854. The lowest BCUT2D eigenvalue weighted by Crippen LogP contribution is -2.22. The predicted molar refractivity (Wildman–Crippen MR) is 52.8 cm³/mol. The molecule has 1 aliphatic carbocycles. The SMILES string of the molecule is Cc1ccnc(N(C)CC2CC2)n1. The van der Waals surface area contributed by atoms with Crippen molar-refractivity contribution in [2.24, 2.45) is 5.92 Å². The third-order valence-corrected chi connectivity index (χ3v) is 2.35. The minimum absolute atomic E-state index is 0.854. The Morgan fingerprint density at radius 3 is 2.92 bits per heavy atom. The average molecular weight is 177 g/mol. The van der Waals surface area contributed by atoms with Gasteiger partial charge in [0.05, 0.1) is 0 Å². The van der Waals surface area contributed by atoms with Crippen LogP contribution in [0.1, 0.15) is 18.5 Å². The normalized spacial score (nSPS) is 15.8. The second-order valence-corrected chi connectivity index (χ2v) is 3.82. The van der Waals surface area contributed by atoms with Gasteiger partial charge in [-0.2, -0.15) is 0 Å². The zero-order valence-electron chi connectivity index (χ0n) is 8.20. The summed E-state index contributed by atoms with van der Waals surface area (Å²) in [5, 5.41) is 0. The van der Waals surface area contributed by atoms with Crippen LogP contribution in [0.5, 0.6) is 0 Å². The first-order chi connectivity index (χ1) is 6.25. The molecule has 0 spiro atoms. The first-order valence-electron chi connectivity index (χ1n) is 4.76. The topological polar surface area (TPSA) is 29.0 Å². The molecule has 0 aliphatic heterocycles. The van der Waals surface area contributed by atoms with Crippen LogP contribution in [-0.4, -0.2) is 23.6 Å². The molecule has 0 N–H and O–H groups in total. The minimum Gasteiger partial charge on any atom is -0.344 e. The molecule has 3 nitrogen and oxygen atoms in total. The van der Waals surface area contributed by atoms with E-state index in [1.54, 1.807) is 0 Å². The molecule has 1 fully saturated rings. The maximum absolute atomic E-state index is 4.37. The van der Waals surface area contributed by atoms with Gasteiger partial charge in [0.25, 0.3) is 0 Å². The summed E-state index contributed by atoms with van der Waals surface area (Å²) in [6, 6.07) is 1.93. The Bertz CT molecular complexity index is 294. The highest BCUT2D eigenvalue weighted by Gasteiger charge is 2.23. The van der Waals surface area contributed by atoms with Crippen molar-refractivity contribution >= 4 is 5.95 Å². The van der Waals surface area contributed by atoms with Crippen LogP contribution in [0.2, 0.25) is 0 Å². The Morgan fingerprint density at radius 1 is 1.54 bits per heavy atom. The van der Waals surface area contributed by atoms with E-state index in [0.717, 1.165) is 24.1 Å². The number of hydrogen-bond acceptors (Lipinski definition) is 3. The van der Waals surface area contributed by atoms with Crippen LogP contribution in [0.4, 0.5) is 5.95 Å². The Kier molecular flexibility index (Phi) is 2.17. The zero-order chi connectivity index (χ0) is 9.26. The highest BCUT2D eigenvalue weighted by atomic mass is 15.2. The van der Waals surface area contributed by atoms with Gasteiger partial charge in [0.15, 0.2) is 0 Å². The molecular weight excluding hydrogens is 162 g/mol. The molecule has 0 radical (unpaired) electrons. The highest BCUT2D eigenvalue weighted by molar-refractivity contribution is 5.28. The van der Waals surface area contributed by atoms with E-state index < -0.39 is 0 Å². The van der Waals surface area contributed by atoms with Crippen molar-refractivity contribution < 1.29 is 0 Å². The molecule has 0 atom stereocenters. The predicted octanol–water partition coefficient (Wildman–Crippen LogP) is 1.63. The second-order valence-electron chi connectivity index (χ2n) is 3.82. The van der Waals surface area contributed by atoms with E-state index in [0.29, 0.717) is 0 Å². The number of hydrogen-bond donors (Lipinski definition) is 0. The molecule has 0 bridgehead atoms. The molecule has 1 heterocycles. The van der Waals surface area contributed by atoms with Gasteiger partial charge in [0.1, 0.15) is 0 Å². The van der Waals surface area contributed by atoms with Gasteiger partial charge < -0.3 is 4.90 Å². The summed E-state index contributed by atoms with van der Waals surface area (Å²) in [7, 11) is 2.06. The number of rotatable bonds is 3. The van der Waals surface area contributed by atoms with Gasteiger partial charge in [-0.25, -0.2) is 9.97 Å². The van der Waals surface area contributed by atoms with Crippen LogP contribution in [0, 0.1) is 12.8 Å². The first kappa shape index (κ1) is 8.48. The van der Waals surface area contributed by atoms with Crippen molar-refractivity contribution in [1.29, 1.82) is 0 Å². The van der Waals surface area contributed by atoms with E-state index in [2.05, 4.69) is 21.9 Å². The molecule has 13 heavy (non-hydrogen) atoms. The highest BCUT2D eigenvalue weighted by Crippen LogP contribution is 2.29. The summed E-state index contributed by atoms with van der Waals surface area (Å²) in [6.07, 6.45) is 4.56. The van der Waals surface area contributed by atoms with Crippen LogP contribution in [-0.2, 0) is 0 Å². The Hall–Kier alpha value is -1.12. The molecule has 2 rings (SSSR count). The van der Waals surface area contributed by atoms with Crippen LogP contribution in [0.3, 0.4) is 0 Å². The first-order valence-corrected chi connectivity index (χ1v) is 4.76. The summed E-state index contributed by atoms with van der Waals surface area (Å²) < 4.78 is 0. The van der Waals surface area contributed by atoms with Crippen molar-refractivity contribution in [3.8, 4) is 0 Å². The van der Waals surface area contributed by atoms with E-state index in [9.17, 15) is 0 Å². The Labute approximate surface area is 78.8 Å². The van der Waals surface area contributed by atoms with Crippen molar-refractivity contribution in [2.75, 3.05) is 18.5 Å². The summed E-state index contributed by atoms with van der Waals surface area (Å²) in [6.45, 7) is 3.10.